The Morgan fingerprint density at radius 1 is 1.28 bits per heavy atom. The van der Waals surface area contributed by atoms with Gasteiger partial charge in [-0.1, -0.05) is 0 Å². The molecule has 0 bridgehead atoms. The molecule has 2 N–H and O–H groups in total. The molecule has 0 radical (unpaired) electrons. The molecular formula is C11H12F2N2O2S. The first-order valence-corrected chi connectivity index (χ1v) is 6.11. The number of rotatable bonds is 4. The number of benzene rings is 1. The molecule has 0 saturated heterocycles. The number of thioether (sulfide) groups is 1. The molecule has 7 heteroatoms. The van der Waals surface area contributed by atoms with Gasteiger partial charge in [-0.15, -0.1) is 11.8 Å². The van der Waals surface area contributed by atoms with Crippen LogP contribution in [0.2, 0.25) is 0 Å². The van der Waals surface area contributed by atoms with E-state index in [-0.39, 0.29) is 6.42 Å². The summed E-state index contributed by atoms with van der Waals surface area (Å²) < 4.78 is 25.5. The Kier molecular flexibility index (Phi) is 5.57. The highest BCUT2D eigenvalue weighted by atomic mass is 32.2. The molecule has 0 spiro atoms. The number of amides is 3. The SMILES string of the molecule is CNC(=O)NC(=O)CCSc1ccc(F)c(F)c1. The summed E-state index contributed by atoms with van der Waals surface area (Å²) >= 11 is 1.21. The summed E-state index contributed by atoms with van der Waals surface area (Å²) in [6.07, 6.45) is 0.108. The third-order valence-corrected chi connectivity index (χ3v) is 2.96. The number of urea groups is 1. The van der Waals surface area contributed by atoms with E-state index in [1.54, 1.807) is 0 Å². The van der Waals surface area contributed by atoms with Crippen LogP contribution in [0.1, 0.15) is 6.42 Å². The van der Waals surface area contributed by atoms with E-state index >= 15 is 0 Å². The lowest BCUT2D eigenvalue weighted by Crippen LogP contribution is -2.37. The molecule has 0 atom stereocenters. The van der Waals surface area contributed by atoms with E-state index in [1.807, 2.05) is 0 Å². The smallest absolute Gasteiger partial charge is 0.321 e. The number of hydrogen-bond donors (Lipinski definition) is 2. The van der Waals surface area contributed by atoms with Gasteiger partial charge in [0.25, 0.3) is 0 Å². The van der Waals surface area contributed by atoms with Gasteiger partial charge in [0.1, 0.15) is 0 Å². The topological polar surface area (TPSA) is 58.2 Å². The number of nitrogens with one attached hydrogen (secondary N) is 2. The van der Waals surface area contributed by atoms with Crippen molar-refractivity contribution in [2.45, 2.75) is 11.3 Å². The summed E-state index contributed by atoms with van der Waals surface area (Å²) in [5, 5.41) is 4.35. The van der Waals surface area contributed by atoms with Gasteiger partial charge in [-0.25, -0.2) is 13.6 Å². The van der Waals surface area contributed by atoms with Crippen molar-refractivity contribution in [1.29, 1.82) is 0 Å². The van der Waals surface area contributed by atoms with Crippen molar-refractivity contribution in [3.05, 3.63) is 29.8 Å². The quantitative estimate of drug-likeness (QED) is 0.824. The van der Waals surface area contributed by atoms with E-state index in [9.17, 15) is 18.4 Å². The molecule has 3 amide bonds. The van der Waals surface area contributed by atoms with Gasteiger partial charge >= 0.3 is 6.03 Å². The van der Waals surface area contributed by atoms with Crippen LogP contribution < -0.4 is 10.6 Å². The molecule has 98 valence electrons. The third-order valence-electron chi connectivity index (χ3n) is 1.97. The average molecular weight is 274 g/mol. The Hall–Kier alpha value is -1.63. The van der Waals surface area contributed by atoms with Gasteiger partial charge < -0.3 is 5.32 Å². The summed E-state index contributed by atoms with van der Waals surface area (Å²) in [6, 6.07) is 2.95. The second-order valence-electron chi connectivity index (χ2n) is 3.30. The standard InChI is InChI=1S/C11H12F2N2O2S/c1-14-11(17)15-10(16)4-5-18-7-2-3-8(12)9(13)6-7/h2-3,6H,4-5H2,1H3,(H2,14,15,16,17). The maximum absolute atomic E-state index is 12.9. The Morgan fingerprint density at radius 3 is 2.61 bits per heavy atom. The number of halogens is 2. The molecule has 0 aliphatic carbocycles. The van der Waals surface area contributed by atoms with Gasteiger partial charge in [-0.05, 0) is 18.2 Å². The van der Waals surface area contributed by atoms with E-state index in [4.69, 9.17) is 0 Å². The van der Waals surface area contributed by atoms with Crippen LogP contribution in [0, 0.1) is 11.6 Å². The van der Waals surface area contributed by atoms with E-state index in [0.717, 1.165) is 12.1 Å². The zero-order valence-electron chi connectivity index (χ0n) is 9.63. The van der Waals surface area contributed by atoms with E-state index in [0.29, 0.717) is 10.6 Å². The first-order valence-electron chi connectivity index (χ1n) is 5.12. The zero-order chi connectivity index (χ0) is 13.5. The van der Waals surface area contributed by atoms with Crippen LogP contribution in [0.4, 0.5) is 13.6 Å². The van der Waals surface area contributed by atoms with Gasteiger partial charge in [0.2, 0.25) is 5.91 Å². The van der Waals surface area contributed by atoms with Gasteiger partial charge in [0.15, 0.2) is 11.6 Å². The van der Waals surface area contributed by atoms with Crippen molar-refractivity contribution in [2.75, 3.05) is 12.8 Å². The Balaban J connectivity index is 2.35. The highest BCUT2D eigenvalue weighted by molar-refractivity contribution is 7.99. The average Bonchev–Trinajstić information content (AvgIpc) is 2.33. The molecule has 1 aromatic rings. The van der Waals surface area contributed by atoms with Gasteiger partial charge in [0, 0.05) is 24.1 Å². The van der Waals surface area contributed by atoms with Crippen LogP contribution in [0.25, 0.3) is 0 Å². The second kappa shape index (κ2) is 6.95. The summed E-state index contributed by atoms with van der Waals surface area (Å²) in [4.78, 5) is 22.5. The van der Waals surface area contributed by atoms with Crippen LogP contribution in [-0.4, -0.2) is 24.7 Å². The number of imide groups is 1. The molecule has 0 unspecified atom stereocenters. The second-order valence-corrected chi connectivity index (χ2v) is 4.47. The molecular weight excluding hydrogens is 262 g/mol. The Morgan fingerprint density at radius 2 is 2.00 bits per heavy atom. The van der Waals surface area contributed by atoms with Crippen LogP contribution in [0.15, 0.2) is 23.1 Å². The molecule has 0 aliphatic rings. The molecule has 1 aromatic carbocycles. The van der Waals surface area contributed by atoms with Crippen molar-refractivity contribution in [1.82, 2.24) is 10.6 Å². The van der Waals surface area contributed by atoms with Crippen molar-refractivity contribution in [3.63, 3.8) is 0 Å². The van der Waals surface area contributed by atoms with Crippen LogP contribution in [-0.2, 0) is 4.79 Å². The molecule has 18 heavy (non-hydrogen) atoms. The van der Waals surface area contributed by atoms with Gasteiger partial charge in [0.05, 0.1) is 0 Å². The fraction of sp³-hybridized carbons (Fsp3) is 0.273. The minimum absolute atomic E-state index is 0.108. The van der Waals surface area contributed by atoms with Crippen LogP contribution in [0.5, 0.6) is 0 Å². The lowest BCUT2D eigenvalue weighted by atomic mass is 10.3. The van der Waals surface area contributed by atoms with Crippen molar-refractivity contribution < 1.29 is 18.4 Å². The predicted molar refractivity (Wildman–Crippen MR) is 64.3 cm³/mol. The first-order chi connectivity index (χ1) is 8.52. The number of carbonyl (C=O) groups is 2. The molecule has 0 saturated carbocycles. The molecule has 4 nitrogen and oxygen atoms in total. The Labute approximate surface area is 107 Å². The summed E-state index contributed by atoms with van der Waals surface area (Å²) in [5.41, 5.74) is 0. The highest BCUT2D eigenvalue weighted by Crippen LogP contribution is 2.20. The van der Waals surface area contributed by atoms with Gasteiger partial charge in [-0.3, -0.25) is 10.1 Å². The monoisotopic (exact) mass is 274 g/mol. The molecule has 0 aliphatic heterocycles. The molecule has 0 aromatic heterocycles. The Bertz CT molecular complexity index is 455. The van der Waals surface area contributed by atoms with Gasteiger partial charge in [-0.2, -0.15) is 0 Å². The third kappa shape index (κ3) is 4.70. The predicted octanol–water partition coefficient (Wildman–Crippen LogP) is 1.90. The summed E-state index contributed by atoms with van der Waals surface area (Å²) in [5.74, 6) is -1.88. The fourth-order valence-electron chi connectivity index (χ4n) is 1.08. The molecule has 0 fully saturated rings. The van der Waals surface area contributed by atoms with Crippen LogP contribution >= 0.6 is 11.8 Å². The van der Waals surface area contributed by atoms with E-state index < -0.39 is 23.6 Å². The number of hydrogen-bond acceptors (Lipinski definition) is 3. The fourth-order valence-corrected chi connectivity index (χ4v) is 1.95. The normalized spacial score (nSPS) is 9.94. The zero-order valence-corrected chi connectivity index (χ0v) is 10.4. The number of carbonyl (C=O) groups excluding carboxylic acids is 2. The van der Waals surface area contributed by atoms with E-state index in [2.05, 4.69) is 10.6 Å². The van der Waals surface area contributed by atoms with Crippen molar-refractivity contribution >= 4 is 23.7 Å². The lowest BCUT2D eigenvalue weighted by molar-refractivity contribution is -0.119. The largest absolute Gasteiger partial charge is 0.341 e. The minimum Gasteiger partial charge on any atom is -0.341 e. The van der Waals surface area contributed by atoms with Crippen LogP contribution in [0.3, 0.4) is 0 Å². The van der Waals surface area contributed by atoms with Crippen molar-refractivity contribution in [2.24, 2.45) is 0 Å². The van der Waals surface area contributed by atoms with E-state index in [1.165, 1.54) is 24.9 Å². The summed E-state index contributed by atoms with van der Waals surface area (Å²) in [7, 11) is 1.40. The lowest BCUT2D eigenvalue weighted by Gasteiger charge is -2.03. The van der Waals surface area contributed by atoms with Crippen molar-refractivity contribution in [3.8, 4) is 0 Å². The maximum atomic E-state index is 12.9. The summed E-state index contributed by atoms with van der Waals surface area (Å²) in [6.45, 7) is 0. The first kappa shape index (κ1) is 14.4. The molecule has 1 rings (SSSR count). The highest BCUT2D eigenvalue weighted by Gasteiger charge is 2.07. The maximum Gasteiger partial charge on any atom is 0.321 e. The minimum atomic E-state index is -0.921. The molecule has 0 heterocycles.